The number of nitro groups is 1. The molecule has 0 unspecified atom stereocenters. The molecular weight excluding hydrogens is 194 g/mol. The van der Waals surface area contributed by atoms with E-state index in [9.17, 15) is 10.1 Å². The molecule has 0 spiro atoms. The van der Waals surface area contributed by atoms with Crippen LogP contribution in [0.15, 0.2) is 42.7 Å². The van der Waals surface area contributed by atoms with E-state index in [0.29, 0.717) is 11.4 Å². The Bertz CT molecular complexity index is 485. The van der Waals surface area contributed by atoms with Crippen molar-refractivity contribution in [2.24, 2.45) is 0 Å². The molecule has 5 heteroatoms. The average Bonchev–Trinajstić information content (AvgIpc) is 2.30. The number of hydrogen-bond acceptors (Lipinski definition) is 4. The first-order valence-electron chi connectivity index (χ1n) is 4.29. The molecule has 1 aromatic carbocycles. The van der Waals surface area contributed by atoms with E-state index in [2.05, 4.69) is 9.97 Å². The Kier molecular flexibility index (Phi) is 2.37. The van der Waals surface area contributed by atoms with Gasteiger partial charge in [-0.3, -0.25) is 10.1 Å². The van der Waals surface area contributed by atoms with Crippen molar-refractivity contribution in [3.8, 4) is 11.4 Å². The first-order valence-corrected chi connectivity index (χ1v) is 4.29. The molecule has 0 amide bonds. The van der Waals surface area contributed by atoms with Gasteiger partial charge in [-0.2, -0.15) is 0 Å². The Morgan fingerprint density at radius 2 is 1.87 bits per heavy atom. The third kappa shape index (κ3) is 1.96. The Balaban J connectivity index is 2.46. The van der Waals surface area contributed by atoms with E-state index in [1.807, 2.05) is 0 Å². The zero-order valence-electron chi connectivity index (χ0n) is 7.70. The number of rotatable bonds is 2. The van der Waals surface area contributed by atoms with Crippen molar-refractivity contribution >= 4 is 5.69 Å². The summed E-state index contributed by atoms with van der Waals surface area (Å²) in [6, 6.07) is 7.94. The van der Waals surface area contributed by atoms with E-state index in [1.54, 1.807) is 30.6 Å². The minimum atomic E-state index is -0.438. The molecule has 74 valence electrons. The summed E-state index contributed by atoms with van der Waals surface area (Å²) in [4.78, 5) is 18.1. The van der Waals surface area contributed by atoms with Gasteiger partial charge in [0.1, 0.15) is 0 Å². The predicted octanol–water partition coefficient (Wildman–Crippen LogP) is 2.05. The van der Waals surface area contributed by atoms with E-state index < -0.39 is 4.92 Å². The van der Waals surface area contributed by atoms with Crippen LogP contribution in [0.3, 0.4) is 0 Å². The van der Waals surface area contributed by atoms with Crippen LogP contribution in [0.25, 0.3) is 11.4 Å². The molecule has 0 aliphatic rings. The maximum Gasteiger partial charge on any atom is 0.270 e. The fourth-order valence-corrected chi connectivity index (χ4v) is 1.21. The zero-order chi connectivity index (χ0) is 10.7. The molecule has 0 bridgehead atoms. The number of nitrogens with zero attached hydrogens (tertiary/aromatic N) is 3. The van der Waals surface area contributed by atoms with E-state index in [1.165, 1.54) is 12.1 Å². The Labute approximate surface area is 85.6 Å². The number of benzene rings is 1. The molecule has 0 aliphatic heterocycles. The van der Waals surface area contributed by atoms with Crippen LogP contribution < -0.4 is 0 Å². The lowest BCUT2D eigenvalue weighted by molar-refractivity contribution is -0.384. The van der Waals surface area contributed by atoms with Crippen LogP contribution in [0.5, 0.6) is 0 Å². The van der Waals surface area contributed by atoms with Crippen molar-refractivity contribution in [2.75, 3.05) is 0 Å². The van der Waals surface area contributed by atoms with Gasteiger partial charge in [0, 0.05) is 30.1 Å². The van der Waals surface area contributed by atoms with Crippen molar-refractivity contribution < 1.29 is 4.92 Å². The predicted molar refractivity (Wildman–Crippen MR) is 54.1 cm³/mol. The van der Waals surface area contributed by atoms with Gasteiger partial charge in [-0.15, -0.1) is 0 Å². The van der Waals surface area contributed by atoms with E-state index in [4.69, 9.17) is 0 Å². The minimum Gasteiger partial charge on any atom is -0.258 e. The van der Waals surface area contributed by atoms with E-state index in [0.717, 1.165) is 0 Å². The summed E-state index contributed by atoms with van der Waals surface area (Å²) in [6.45, 7) is 0. The maximum absolute atomic E-state index is 10.5. The van der Waals surface area contributed by atoms with Crippen molar-refractivity contribution in [1.82, 2.24) is 9.97 Å². The topological polar surface area (TPSA) is 68.9 Å². The smallest absolute Gasteiger partial charge is 0.258 e. The third-order valence-electron chi connectivity index (χ3n) is 1.88. The van der Waals surface area contributed by atoms with Crippen molar-refractivity contribution in [3.05, 3.63) is 52.8 Å². The van der Waals surface area contributed by atoms with Crippen molar-refractivity contribution in [3.63, 3.8) is 0 Å². The monoisotopic (exact) mass is 201 g/mol. The molecule has 15 heavy (non-hydrogen) atoms. The molecule has 2 rings (SSSR count). The van der Waals surface area contributed by atoms with Crippen LogP contribution in [0.1, 0.15) is 0 Å². The minimum absolute atomic E-state index is 0.0416. The van der Waals surface area contributed by atoms with Crippen LogP contribution in [0.2, 0.25) is 0 Å². The van der Waals surface area contributed by atoms with Gasteiger partial charge < -0.3 is 0 Å². The van der Waals surface area contributed by atoms with Crippen LogP contribution >= 0.6 is 0 Å². The summed E-state index contributed by atoms with van der Waals surface area (Å²) in [5.74, 6) is 0.487. The molecule has 0 radical (unpaired) electrons. The Morgan fingerprint density at radius 3 is 2.53 bits per heavy atom. The van der Waals surface area contributed by atoms with Gasteiger partial charge in [0.25, 0.3) is 5.69 Å². The first-order chi connectivity index (χ1) is 7.27. The highest BCUT2D eigenvalue weighted by molar-refractivity contribution is 5.58. The Morgan fingerprint density at radius 1 is 1.13 bits per heavy atom. The second-order valence-electron chi connectivity index (χ2n) is 2.88. The SMILES string of the molecule is O=[N+]([O-])c1cccc(-c2ncccn2)c1. The Hall–Kier alpha value is -2.30. The van der Waals surface area contributed by atoms with Crippen LogP contribution in [0.4, 0.5) is 5.69 Å². The van der Waals surface area contributed by atoms with Gasteiger partial charge >= 0.3 is 0 Å². The van der Waals surface area contributed by atoms with E-state index in [-0.39, 0.29) is 5.69 Å². The summed E-state index contributed by atoms with van der Waals surface area (Å²) in [7, 11) is 0. The number of nitro benzene ring substituents is 1. The highest BCUT2D eigenvalue weighted by Gasteiger charge is 2.07. The molecule has 0 aliphatic carbocycles. The van der Waals surface area contributed by atoms with Crippen LogP contribution in [-0.2, 0) is 0 Å². The second-order valence-corrected chi connectivity index (χ2v) is 2.88. The fourth-order valence-electron chi connectivity index (χ4n) is 1.21. The average molecular weight is 201 g/mol. The van der Waals surface area contributed by atoms with Crippen molar-refractivity contribution in [1.29, 1.82) is 0 Å². The zero-order valence-corrected chi connectivity index (χ0v) is 7.70. The van der Waals surface area contributed by atoms with Gasteiger partial charge in [0.15, 0.2) is 5.82 Å². The van der Waals surface area contributed by atoms with Gasteiger partial charge in [-0.25, -0.2) is 9.97 Å². The number of hydrogen-bond donors (Lipinski definition) is 0. The van der Waals surface area contributed by atoms with Crippen LogP contribution in [0, 0.1) is 10.1 Å². The molecule has 1 heterocycles. The summed E-state index contributed by atoms with van der Waals surface area (Å²) in [5.41, 5.74) is 0.685. The number of aromatic nitrogens is 2. The summed E-state index contributed by atoms with van der Waals surface area (Å²) in [5, 5.41) is 10.5. The lowest BCUT2D eigenvalue weighted by Gasteiger charge is -1.98. The molecule has 5 nitrogen and oxygen atoms in total. The molecule has 0 saturated carbocycles. The van der Waals surface area contributed by atoms with Gasteiger partial charge in [-0.1, -0.05) is 12.1 Å². The molecule has 0 saturated heterocycles. The number of non-ortho nitro benzene ring substituents is 1. The quantitative estimate of drug-likeness (QED) is 0.550. The maximum atomic E-state index is 10.5. The molecule has 2 aromatic rings. The van der Waals surface area contributed by atoms with Crippen molar-refractivity contribution in [2.45, 2.75) is 0 Å². The van der Waals surface area contributed by atoms with Gasteiger partial charge in [0.2, 0.25) is 0 Å². The van der Waals surface area contributed by atoms with Gasteiger partial charge in [0.05, 0.1) is 4.92 Å². The largest absolute Gasteiger partial charge is 0.270 e. The van der Waals surface area contributed by atoms with Crippen LogP contribution in [-0.4, -0.2) is 14.9 Å². The summed E-state index contributed by atoms with van der Waals surface area (Å²) < 4.78 is 0. The molecule has 0 N–H and O–H groups in total. The molecule has 1 aromatic heterocycles. The molecule has 0 atom stereocenters. The molecular formula is C10H7N3O2. The van der Waals surface area contributed by atoms with E-state index >= 15 is 0 Å². The third-order valence-corrected chi connectivity index (χ3v) is 1.88. The first kappa shape index (κ1) is 9.26. The molecule has 0 fully saturated rings. The lowest BCUT2D eigenvalue weighted by Crippen LogP contribution is -1.90. The highest BCUT2D eigenvalue weighted by atomic mass is 16.6. The normalized spacial score (nSPS) is 9.87. The highest BCUT2D eigenvalue weighted by Crippen LogP contribution is 2.19. The standard InChI is InChI=1S/C10H7N3O2/c14-13(15)9-4-1-3-8(7-9)10-11-5-2-6-12-10/h1-7H. The lowest BCUT2D eigenvalue weighted by atomic mass is 10.2. The summed E-state index contributed by atoms with van der Waals surface area (Å²) in [6.07, 6.45) is 3.20. The fraction of sp³-hybridized carbons (Fsp3) is 0. The summed E-state index contributed by atoms with van der Waals surface area (Å²) >= 11 is 0. The second kappa shape index (κ2) is 3.83. The van der Waals surface area contributed by atoms with Gasteiger partial charge in [-0.05, 0) is 6.07 Å².